The number of alkyl halides is 3. The maximum Gasteiger partial charge on any atom is 0.416 e. The first-order chi connectivity index (χ1) is 14.1. The maximum absolute atomic E-state index is 13.1. The first-order valence-corrected chi connectivity index (χ1v) is 9.16. The smallest absolute Gasteiger partial charge is 0.336 e. The van der Waals surface area contributed by atoms with Crippen LogP contribution >= 0.6 is 0 Å². The Labute approximate surface area is 171 Å². The van der Waals surface area contributed by atoms with Gasteiger partial charge in [0, 0.05) is 25.4 Å². The number of carbonyl (C=O) groups is 1. The molecule has 0 atom stereocenters. The number of amides is 1. The van der Waals surface area contributed by atoms with Gasteiger partial charge in [0.25, 0.3) is 5.91 Å². The van der Waals surface area contributed by atoms with Gasteiger partial charge in [0.15, 0.2) is 5.69 Å². The summed E-state index contributed by atoms with van der Waals surface area (Å²) in [6.07, 6.45) is -4.52. The van der Waals surface area contributed by atoms with Crippen molar-refractivity contribution >= 4 is 5.91 Å². The standard InChI is InChI=1S/C22H20F3N3O2/c1-14-7-9-16(10-8-14)13-27(3)21(30)20-19(29)11-15(2)28(26-20)18-6-4-5-17(12-18)22(23,24)25/h4-12H,13H2,1-3H3. The quantitative estimate of drug-likeness (QED) is 0.644. The van der Waals surface area contributed by atoms with Gasteiger partial charge in [0.05, 0.1) is 11.3 Å². The highest BCUT2D eigenvalue weighted by Crippen LogP contribution is 2.30. The Kier molecular flexibility index (Phi) is 5.78. The van der Waals surface area contributed by atoms with Gasteiger partial charge in [-0.3, -0.25) is 9.59 Å². The van der Waals surface area contributed by atoms with E-state index in [0.29, 0.717) is 5.69 Å². The summed E-state index contributed by atoms with van der Waals surface area (Å²) in [6, 6.07) is 13.3. The van der Waals surface area contributed by atoms with Crippen LogP contribution in [0.4, 0.5) is 13.2 Å². The first kappa shape index (κ1) is 21.3. The fourth-order valence-electron chi connectivity index (χ4n) is 2.99. The van der Waals surface area contributed by atoms with E-state index in [4.69, 9.17) is 0 Å². The third-order valence-corrected chi connectivity index (χ3v) is 4.62. The Balaban J connectivity index is 1.96. The molecule has 0 saturated carbocycles. The molecule has 0 spiro atoms. The minimum atomic E-state index is -4.52. The van der Waals surface area contributed by atoms with Crippen molar-refractivity contribution in [3.8, 4) is 5.69 Å². The molecule has 1 heterocycles. The van der Waals surface area contributed by atoms with Crippen molar-refractivity contribution < 1.29 is 18.0 Å². The Bertz CT molecular complexity index is 1140. The average Bonchev–Trinajstić information content (AvgIpc) is 2.69. The minimum Gasteiger partial charge on any atom is -0.336 e. The molecule has 0 aliphatic rings. The Hall–Kier alpha value is -3.42. The van der Waals surface area contributed by atoms with Gasteiger partial charge < -0.3 is 4.90 Å². The molecule has 0 N–H and O–H groups in total. The molecule has 0 bridgehead atoms. The number of aromatic nitrogens is 2. The van der Waals surface area contributed by atoms with Crippen LogP contribution in [0.15, 0.2) is 59.4 Å². The van der Waals surface area contributed by atoms with E-state index < -0.39 is 23.1 Å². The minimum absolute atomic E-state index is 0.109. The Morgan fingerprint density at radius 2 is 1.73 bits per heavy atom. The van der Waals surface area contributed by atoms with Crippen molar-refractivity contribution in [3.63, 3.8) is 0 Å². The third-order valence-electron chi connectivity index (χ3n) is 4.62. The number of halogens is 3. The summed E-state index contributed by atoms with van der Waals surface area (Å²) >= 11 is 0. The highest BCUT2D eigenvalue weighted by Gasteiger charge is 2.30. The lowest BCUT2D eigenvalue weighted by Crippen LogP contribution is -2.33. The van der Waals surface area contributed by atoms with Crippen molar-refractivity contribution in [1.29, 1.82) is 0 Å². The number of carbonyl (C=O) groups excluding carboxylic acids is 1. The van der Waals surface area contributed by atoms with Crippen LogP contribution in [0, 0.1) is 13.8 Å². The predicted octanol–water partition coefficient (Wildman–Crippen LogP) is 4.14. The molecule has 2 aromatic carbocycles. The lowest BCUT2D eigenvalue weighted by Gasteiger charge is -2.18. The van der Waals surface area contributed by atoms with Crippen molar-refractivity contribution in [2.24, 2.45) is 0 Å². The van der Waals surface area contributed by atoms with E-state index >= 15 is 0 Å². The monoisotopic (exact) mass is 415 g/mol. The van der Waals surface area contributed by atoms with Crippen LogP contribution in [0.2, 0.25) is 0 Å². The summed E-state index contributed by atoms with van der Waals surface area (Å²) in [6.45, 7) is 3.75. The second kappa shape index (κ2) is 8.14. The van der Waals surface area contributed by atoms with E-state index in [-0.39, 0.29) is 17.9 Å². The highest BCUT2D eigenvalue weighted by atomic mass is 19.4. The molecule has 0 saturated heterocycles. The largest absolute Gasteiger partial charge is 0.416 e. The van der Waals surface area contributed by atoms with Gasteiger partial charge in [-0.1, -0.05) is 35.9 Å². The molecule has 30 heavy (non-hydrogen) atoms. The van der Waals surface area contributed by atoms with Crippen LogP contribution < -0.4 is 5.43 Å². The van der Waals surface area contributed by atoms with Crippen LogP contribution in [0.1, 0.15) is 32.9 Å². The summed E-state index contributed by atoms with van der Waals surface area (Å²) in [7, 11) is 1.54. The summed E-state index contributed by atoms with van der Waals surface area (Å²) in [4.78, 5) is 26.6. The van der Waals surface area contributed by atoms with E-state index in [2.05, 4.69) is 5.10 Å². The molecule has 5 nitrogen and oxygen atoms in total. The van der Waals surface area contributed by atoms with Gasteiger partial charge in [-0.05, 0) is 37.6 Å². The normalized spacial score (nSPS) is 11.4. The van der Waals surface area contributed by atoms with Crippen molar-refractivity contribution in [1.82, 2.24) is 14.7 Å². The fraction of sp³-hybridized carbons (Fsp3) is 0.227. The molecule has 0 aliphatic carbocycles. The molecule has 3 rings (SSSR count). The number of rotatable bonds is 4. The van der Waals surface area contributed by atoms with Gasteiger partial charge in [0.1, 0.15) is 0 Å². The SMILES string of the molecule is Cc1ccc(CN(C)C(=O)c2nn(-c3cccc(C(F)(F)F)c3)c(C)cc2=O)cc1. The fourth-order valence-corrected chi connectivity index (χ4v) is 2.99. The molecule has 8 heteroatoms. The van der Waals surface area contributed by atoms with Crippen molar-refractivity contribution in [2.75, 3.05) is 7.05 Å². The van der Waals surface area contributed by atoms with Crippen LogP contribution in [0.5, 0.6) is 0 Å². The molecule has 3 aromatic rings. The number of nitrogens with zero attached hydrogens (tertiary/aromatic N) is 3. The number of hydrogen-bond donors (Lipinski definition) is 0. The first-order valence-electron chi connectivity index (χ1n) is 9.16. The number of aryl methyl sites for hydroxylation is 2. The van der Waals surface area contributed by atoms with Crippen LogP contribution in [-0.2, 0) is 12.7 Å². The maximum atomic E-state index is 13.1. The van der Waals surface area contributed by atoms with Crippen molar-refractivity contribution in [3.05, 3.63) is 92.9 Å². The Morgan fingerprint density at radius 3 is 2.37 bits per heavy atom. The number of hydrogen-bond acceptors (Lipinski definition) is 3. The summed E-state index contributed by atoms with van der Waals surface area (Å²) < 4.78 is 40.3. The topological polar surface area (TPSA) is 55.2 Å². The average molecular weight is 415 g/mol. The molecule has 156 valence electrons. The van der Waals surface area contributed by atoms with Gasteiger partial charge >= 0.3 is 6.18 Å². The molecular formula is C22H20F3N3O2. The van der Waals surface area contributed by atoms with Crippen LogP contribution in [-0.4, -0.2) is 27.6 Å². The Morgan fingerprint density at radius 1 is 1.07 bits per heavy atom. The van der Waals surface area contributed by atoms with Crippen LogP contribution in [0.25, 0.3) is 5.69 Å². The van der Waals surface area contributed by atoms with E-state index in [9.17, 15) is 22.8 Å². The van der Waals surface area contributed by atoms with E-state index in [1.165, 1.54) is 34.8 Å². The van der Waals surface area contributed by atoms with Gasteiger partial charge in [0.2, 0.25) is 5.43 Å². The molecule has 0 unspecified atom stereocenters. The molecule has 0 fully saturated rings. The van der Waals surface area contributed by atoms with Crippen LogP contribution in [0.3, 0.4) is 0 Å². The zero-order chi connectivity index (χ0) is 22.1. The predicted molar refractivity (Wildman–Crippen MR) is 107 cm³/mol. The van der Waals surface area contributed by atoms with Crippen molar-refractivity contribution in [2.45, 2.75) is 26.6 Å². The van der Waals surface area contributed by atoms with E-state index in [1.54, 1.807) is 6.92 Å². The lowest BCUT2D eigenvalue weighted by molar-refractivity contribution is -0.137. The molecule has 0 aliphatic heterocycles. The highest BCUT2D eigenvalue weighted by molar-refractivity contribution is 5.91. The third kappa shape index (κ3) is 4.59. The zero-order valence-electron chi connectivity index (χ0n) is 16.7. The summed E-state index contributed by atoms with van der Waals surface area (Å²) in [5.74, 6) is -0.610. The molecular weight excluding hydrogens is 395 g/mol. The second-order valence-corrected chi connectivity index (χ2v) is 7.11. The van der Waals surface area contributed by atoms with Gasteiger partial charge in [-0.15, -0.1) is 0 Å². The van der Waals surface area contributed by atoms with E-state index in [1.807, 2.05) is 31.2 Å². The molecule has 1 aromatic heterocycles. The number of benzene rings is 2. The second-order valence-electron chi connectivity index (χ2n) is 7.11. The summed E-state index contributed by atoms with van der Waals surface area (Å²) in [5.41, 5.74) is 0.599. The lowest BCUT2D eigenvalue weighted by atomic mass is 10.1. The molecule has 0 radical (unpaired) electrons. The zero-order valence-corrected chi connectivity index (χ0v) is 16.7. The van der Waals surface area contributed by atoms with Gasteiger partial charge in [-0.25, -0.2) is 4.68 Å². The summed E-state index contributed by atoms with van der Waals surface area (Å²) in [5, 5.41) is 4.09. The van der Waals surface area contributed by atoms with E-state index in [0.717, 1.165) is 23.3 Å². The molecule has 1 amide bonds. The van der Waals surface area contributed by atoms with Gasteiger partial charge in [-0.2, -0.15) is 18.3 Å².